The minimum absolute atomic E-state index is 0.647. The molecule has 0 aliphatic heterocycles. The summed E-state index contributed by atoms with van der Waals surface area (Å²) in [6, 6.07) is 0. The lowest BCUT2D eigenvalue weighted by atomic mass is 9.09. The monoisotopic (exact) mass is 514 g/mol. The van der Waals surface area contributed by atoms with Crippen LogP contribution in [-0.4, -0.2) is 0 Å². The molecule has 0 aromatic heterocycles. The van der Waals surface area contributed by atoms with Crippen LogP contribution in [0.5, 0.6) is 0 Å². The molecule has 1 heteroatoms. The molecule has 0 saturated heterocycles. The van der Waals surface area contributed by atoms with E-state index in [0.29, 0.717) is 5.41 Å². The van der Waals surface area contributed by atoms with Crippen molar-refractivity contribution in [2.24, 2.45) is 188 Å². The normalized spacial score (nSPS) is 100. The van der Waals surface area contributed by atoms with Gasteiger partial charge in [-0.15, -0.1) is 12.6 Å². The number of hydrogen-bond donors (Lipinski definition) is 1. The summed E-state index contributed by atoms with van der Waals surface area (Å²) in [6.07, 6.45) is 5.79. The summed E-state index contributed by atoms with van der Waals surface area (Å²) in [5, 5.41) is 0. The fourth-order valence-electron chi connectivity index (χ4n) is 24.1. The van der Waals surface area contributed by atoms with Crippen LogP contribution in [0.4, 0.5) is 0 Å². The van der Waals surface area contributed by atoms with Gasteiger partial charge < -0.3 is 0 Å². The van der Waals surface area contributed by atoms with Gasteiger partial charge in [0.05, 0.1) is 0 Å². The Morgan fingerprint density at radius 2 is 1.00 bits per heavy atom. The first-order valence-corrected chi connectivity index (χ1v) is 18.6. The van der Waals surface area contributed by atoms with Gasteiger partial charge in [0, 0.05) is 5.41 Å². The molecule has 32 unspecified atom stereocenters. The minimum Gasteiger partial charge on any atom is -0.148 e. The lowest BCUT2D eigenvalue weighted by Gasteiger charge is -2.95. The van der Waals surface area contributed by atoms with Crippen LogP contribution in [0.1, 0.15) is 19.8 Å². The van der Waals surface area contributed by atoms with Crippen molar-refractivity contribution in [3.8, 4) is 0 Å². The van der Waals surface area contributed by atoms with Gasteiger partial charge in [-0.25, -0.2) is 0 Å². The fraction of sp³-hybridized carbons (Fsp3) is 0.946. The smallest absolute Gasteiger partial charge is 0.0111 e. The number of thiol groups is 1. The average Bonchev–Trinajstić information content (AvgIpc) is 3.79. The highest BCUT2D eigenvalue weighted by molar-refractivity contribution is 7.84. The van der Waals surface area contributed by atoms with Crippen molar-refractivity contribution in [1.82, 2.24) is 0 Å². The summed E-state index contributed by atoms with van der Waals surface area (Å²) < 4.78 is 0. The van der Waals surface area contributed by atoms with Crippen molar-refractivity contribution in [3.63, 3.8) is 0 Å². The highest BCUT2D eigenvalue weighted by Crippen LogP contribution is 3.19. The number of allylic oxidation sites excluding steroid dienone is 2. The Bertz CT molecular complexity index is 1580. The fourth-order valence-corrected chi connectivity index (χ4v) is 24.5. The Balaban J connectivity index is 0.702. The van der Waals surface area contributed by atoms with Gasteiger partial charge in [-0.1, -0.05) is 6.08 Å². The molecule has 192 valence electrons. The molecular formula is C37H38S. The molecule has 0 nitrogen and oxygen atoms in total. The summed E-state index contributed by atoms with van der Waals surface area (Å²) in [6.45, 7) is 2.33. The first-order chi connectivity index (χ1) is 18.8. The highest BCUT2D eigenvalue weighted by Gasteiger charge is 3.16. The lowest BCUT2D eigenvalue weighted by Crippen LogP contribution is -2.92. The van der Waals surface area contributed by atoms with E-state index < -0.39 is 0 Å². The number of hydrogen-bond acceptors (Lipinski definition) is 1. The van der Waals surface area contributed by atoms with Gasteiger partial charge in [-0.05, 0) is 207 Å². The maximum absolute atomic E-state index is 5.32. The molecule has 0 radical (unpaired) electrons. The molecule has 18 rings (SSSR count). The van der Waals surface area contributed by atoms with Crippen LogP contribution in [0.25, 0.3) is 0 Å². The minimum atomic E-state index is 0.647. The summed E-state index contributed by atoms with van der Waals surface area (Å²) in [7, 11) is 0. The lowest BCUT2D eigenvalue weighted by molar-refractivity contribution is -0.488. The number of rotatable bonds is 1. The van der Waals surface area contributed by atoms with Gasteiger partial charge in [-0.3, -0.25) is 0 Å². The van der Waals surface area contributed by atoms with E-state index in [1.807, 2.05) is 0 Å². The number of fused-ring (bicyclic) bond motifs is 39. The van der Waals surface area contributed by atoms with Crippen molar-refractivity contribution in [2.75, 3.05) is 0 Å². The first kappa shape index (κ1) is 17.3. The standard InChI is InChI=1S/C37H38S/c1-2-9(38)35-27-8-4-7(8)12(27)28(35)26-31-34-36-29-24-22-20-18-16-14-11-6-3-5(6)10(11)13(14)15(16)17(18)19(20)21(22)23(24)25(29)30(36)33(36)37(31,34)32(26)35/h2,5-8,10-34,38H,3-4H2,1H3/b9-2-. The van der Waals surface area contributed by atoms with Crippen molar-refractivity contribution in [2.45, 2.75) is 19.8 Å². The second-order valence-corrected chi connectivity index (χ2v) is 21.1. The Morgan fingerprint density at radius 3 is 1.66 bits per heavy atom. The van der Waals surface area contributed by atoms with Crippen molar-refractivity contribution in [3.05, 3.63) is 11.0 Å². The molecule has 18 aliphatic rings. The molecule has 38 heavy (non-hydrogen) atoms. The van der Waals surface area contributed by atoms with Gasteiger partial charge in [-0.2, -0.15) is 0 Å². The van der Waals surface area contributed by atoms with Crippen LogP contribution in [0, 0.1) is 188 Å². The van der Waals surface area contributed by atoms with E-state index >= 15 is 0 Å². The third-order valence-electron chi connectivity index (χ3n) is 23.2. The van der Waals surface area contributed by atoms with Crippen LogP contribution in [0.2, 0.25) is 0 Å². The van der Waals surface area contributed by atoms with E-state index in [9.17, 15) is 0 Å². The van der Waals surface area contributed by atoms with Crippen LogP contribution < -0.4 is 0 Å². The molecule has 0 bridgehead atoms. The van der Waals surface area contributed by atoms with Crippen molar-refractivity contribution < 1.29 is 0 Å². The van der Waals surface area contributed by atoms with E-state index in [0.717, 1.165) is 34.5 Å². The van der Waals surface area contributed by atoms with Crippen molar-refractivity contribution in [1.29, 1.82) is 0 Å². The second-order valence-electron chi connectivity index (χ2n) is 20.6. The average molecular weight is 515 g/mol. The van der Waals surface area contributed by atoms with E-state index in [-0.39, 0.29) is 0 Å². The van der Waals surface area contributed by atoms with E-state index in [1.165, 1.54) is 148 Å². The van der Waals surface area contributed by atoms with Gasteiger partial charge in [0.15, 0.2) is 0 Å². The Morgan fingerprint density at radius 1 is 0.474 bits per heavy atom. The molecular weight excluding hydrogens is 476 g/mol. The highest BCUT2D eigenvalue weighted by atomic mass is 32.1. The second kappa shape index (κ2) is 3.91. The van der Waals surface area contributed by atoms with Crippen molar-refractivity contribution >= 4 is 12.6 Å². The van der Waals surface area contributed by atoms with Gasteiger partial charge in [0.1, 0.15) is 0 Å². The summed E-state index contributed by atoms with van der Waals surface area (Å²) in [4.78, 5) is 1.60. The summed E-state index contributed by atoms with van der Waals surface area (Å²) in [5.74, 6) is 36.7. The zero-order valence-electron chi connectivity index (χ0n) is 22.2. The summed E-state index contributed by atoms with van der Waals surface area (Å²) in [5.41, 5.74) is 2.58. The van der Waals surface area contributed by atoms with Crippen LogP contribution in [0.3, 0.4) is 0 Å². The van der Waals surface area contributed by atoms with Gasteiger partial charge >= 0.3 is 0 Å². The Kier molecular flexibility index (Phi) is 1.78. The topological polar surface area (TPSA) is 0 Å². The molecule has 0 amide bonds. The molecule has 0 aromatic carbocycles. The molecule has 0 N–H and O–H groups in total. The van der Waals surface area contributed by atoms with E-state index in [1.54, 1.807) is 17.7 Å². The third-order valence-corrected chi connectivity index (χ3v) is 23.8. The summed E-state index contributed by atoms with van der Waals surface area (Å²) >= 11 is 5.32. The van der Waals surface area contributed by atoms with Gasteiger partial charge in [0.25, 0.3) is 0 Å². The first-order valence-electron chi connectivity index (χ1n) is 18.1. The van der Waals surface area contributed by atoms with Crippen LogP contribution in [-0.2, 0) is 0 Å². The molecule has 18 saturated carbocycles. The predicted octanol–water partition coefficient (Wildman–Crippen LogP) is 5.67. The quantitative estimate of drug-likeness (QED) is 0.338. The van der Waals surface area contributed by atoms with Gasteiger partial charge in [0.2, 0.25) is 0 Å². The zero-order valence-corrected chi connectivity index (χ0v) is 23.1. The maximum atomic E-state index is 5.32. The third kappa shape index (κ3) is 0.934. The molecule has 18 aliphatic carbocycles. The van der Waals surface area contributed by atoms with E-state index in [2.05, 4.69) is 13.0 Å². The van der Waals surface area contributed by atoms with Crippen LogP contribution in [0.15, 0.2) is 11.0 Å². The molecule has 0 aromatic rings. The molecule has 0 heterocycles. The molecule has 18 fully saturated rings. The molecule has 32 atom stereocenters. The molecule has 2 spiro atoms. The zero-order chi connectivity index (χ0) is 22.9. The SMILES string of the molecule is C/C=C(\S)C12C3C4CC4C3C1C1C3C4C56C7C8C9C%10C%11C%12C%13C%14C%15CC%15C%14C%13C%12C%11C%10C9C8C7C5C6C34C12. The van der Waals surface area contributed by atoms with Crippen LogP contribution >= 0.6 is 12.6 Å². The van der Waals surface area contributed by atoms with E-state index in [4.69, 9.17) is 12.6 Å². The Hall–Kier alpha value is 0.0900. The largest absolute Gasteiger partial charge is 0.148 e. The predicted molar refractivity (Wildman–Crippen MR) is 140 cm³/mol. The Labute approximate surface area is 230 Å². The maximum Gasteiger partial charge on any atom is 0.0111 e.